The molecule has 1 fully saturated rings. The van der Waals surface area contributed by atoms with Crippen LogP contribution in [0.5, 0.6) is 0 Å². The number of hydrogen-bond acceptors (Lipinski definition) is 2. The molecule has 0 radical (unpaired) electrons. The number of carbonyl (C=O) groups is 1. The van der Waals surface area contributed by atoms with E-state index in [4.69, 9.17) is 0 Å². The SMILES string of the molecule is O=C1CSC(c2ccn(-c3ccccc3F)c2)N1Cc1ccccc1. The van der Waals surface area contributed by atoms with Crippen LogP contribution in [-0.2, 0) is 11.3 Å². The van der Waals surface area contributed by atoms with Gasteiger partial charge in [0.15, 0.2) is 0 Å². The minimum atomic E-state index is -0.263. The first-order valence-electron chi connectivity index (χ1n) is 8.10. The lowest BCUT2D eigenvalue weighted by Crippen LogP contribution is -2.27. The third kappa shape index (κ3) is 3.20. The number of nitrogens with zero attached hydrogens (tertiary/aromatic N) is 2. The van der Waals surface area contributed by atoms with Crippen molar-refractivity contribution in [3.8, 4) is 5.69 Å². The van der Waals surface area contributed by atoms with Gasteiger partial charge in [0.05, 0.1) is 11.4 Å². The van der Waals surface area contributed by atoms with Crippen molar-refractivity contribution in [2.24, 2.45) is 0 Å². The molecule has 0 aliphatic carbocycles. The van der Waals surface area contributed by atoms with Crippen LogP contribution in [0.3, 0.4) is 0 Å². The lowest BCUT2D eigenvalue weighted by molar-refractivity contribution is -0.128. The molecular formula is C20H17FN2OS. The molecule has 1 aliphatic rings. The second-order valence-electron chi connectivity index (χ2n) is 5.97. The largest absolute Gasteiger partial charge is 0.321 e. The molecule has 4 rings (SSSR count). The Morgan fingerprint density at radius 1 is 1.04 bits per heavy atom. The smallest absolute Gasteiger partial charge is 0.234 e. The Labute approximate surface area is 150 Å². The van der Waals surface area contributed by atoms with E-state index in [1.165, 1.54) is 6.07 Å². The predicted molar refractivity (Wildman–Crippen MR) is 97.9 cm³/mol. The normalized spacial score (nSPS) is 17.2. The summed E-state index contributed by atoms with van der Waals surface area (Å²) in [5, 5.41) is -0.0410. The third-order valence-corrected chi connectivity index (χ3v) is 5.55. The van der Waals surface area contributed by atoms with Gasteiger partial charge in [0, 0.05) is 24.5 Å². The molecule has 1 saturated heterocycles. The topological polar surface area (TPSA) is 25.2 Å². The quantitative estimate of drug-likeness (QED) is 0.696. The zero-order valence-corrected chi connectivity index (χ0v) is 14.3. The predicted octanol–water partition coefficient (Wildman–Crippen LogP) is 4.39. The van der Waals surface area contributed by atoms with Gasteiger partial charge in [-0.1, -0.05) is 42.5 Å². The molecule has 126 valence electrons. The van der Waals surface area contributed by atoms with Crippen molar-refractivity contribution < 1.29 is 9.18 Å². The molecule has 2 heterocycles. The molecule has 3 nitrogen and oxygen atoms in total. The van der Waals surface area contributed by atoms with Crippen molar-refractivity contribution in [3.05, 3.63) is 90.0 Å². The van der Waals surface area contributed by atoms with Crippen LogP contribution in [0.1, 0.15) is 16.5 Å². The first-order valence-corrected chi connectivity index (χ1v) is 9.15. The molecule has 3 aromatic rings. The number of hydrogen-bond donors (Lipinski definition) is 0. The molecule has 25 heavy (non-hydrogen) atoms. The minimum Gasteiger partial charge on any atom is -0.321 e. The highest BCUT2D eigenvalue weighted by Crippen LogP contribution is 2.40. The van der Waals surface area contributed by atoms with Gasteiger partial charge in [-0.3, -0.25) is 4.79 Å². The van der Waals surface area contributed by atoms with E-state index in [-0.39, 0.29) is 17.1 Å². The summed E-state index contributed by atoms with van der Waals surface area (Å²) in [7, 11) is 0. The Morgan fingerprint density at radius 3 is 2.60 bits per heavy atom. The zero-order valence-electron chi connectivity index (χ0n) is 13.5. The Balaban J connectivity index is 1.60. The van der Waals surface area contributed by atoms with E-state index < -0.39 is 0 Å². The van der Waals surface area contributed by atoms with Gasteiger partial charge in [-0.2, -0.15) is 0 Å². The van der Waals surface area contributed by atoms with Crippen molar-refractivity contribution in [3.63, 3.8) is 0 Å². The highest BCUT2D eigenvalue weighted by molar-refractivity contribution is 8.00. The molecule has 1 atom stereocenters. The highest BCUT2D eigenvalue weighted by atomic mass is 32.2. The van der Waals surface area contributed by atoms with E-state index >= 15 is 0 Å². The number of amides is 1. The number of aromatic nitrogens is 1. The molecule has 1 amide bonds. The second-order valence-corrected chi connectivity index (χ2v) is 7.04. The van der Waals surface area contributed by atoms with Crippen LogP contribution in [0.2, 0.25) is 0 Å². The van der Waals surface area contributed by atoms with Crippen molar-refractivity contribution in [1.82, 2.24) is 9.47 Å². The average Bonchev–Trinajstić information content (AvgIpc) is 3.24. The van der Waals surface area contributed by atoms with Gasteiger partial charge < -0.3 is 9.47 Å². The van der Waals surface area contributed by atoms with Crippen molar-refractivity contribution in [2.45, 2.75) is 11.9 Å². The average molecular weight is 352 g/mol. The van der Waals surface area contributed by atoms with E-state index in [9.17, 15) is 9.18 Å². The fraction of sp³-hybridized carbons (Fsp3) is 0.150. The molecule has 0 spiro atoms. The fourth-order valence-electron chi connectivity index (χ4n) is 3.05. The van der Waals surface area contributed by atoms with Gasteiger partial charge in [-0.05, 0) is 23.8 Å². The number of benzene rings is 2. The molecule has 1 unspecified atom stereocenters. The Hall–Kier alpha value is -2.53. The van der Waals surface area contributed by atoms with Crippen LogP contribution in [0, 0.1) is 5.82 Å². The molecule has 0 saturated carbocycles. The van der Waals surface area contributed by atoms with E-state index in [2.05, 4.69) is 0 Å². The summed E-state index contributed by atoms with van der Waals surface area (Å²) in [5.74, 6) is 0.348. The Morgan fingerprint density at radius 2 is 1.80 bits per heavy atom. The van der Waals surface area contributed by atoms with Crippen LogP contribution >= 0.6 is 11.8 Å². The number of para-hydroxylation sites is 1. The zero-order chi connectivity index (χ0) is 17.2. The summed E-state index contributed by atoms with van der Waals surface area (Å²) in [4.78, 5) is 14.2. The lowest BCUT2D eigenvalue weighted by Gasteiger charge is -2.23. The van der Waals surface area contributed by atoms with Crippen LogP contribution in [0.15, 0.2) is 73.1 Å². The summed E-state index contributed by atoms with van der Waals surface area (Å²) in [6.45, 7) is 0.586. The molecule has 0 N–H and O–H groups in total. The van der Waals surface area contributed by atoms with Gasteiger partial charge in [0.1, 0.15) is 11.2 Å². The van der Waals surface area contributed by atoms with Gasteiger partial charge in [-0.15, -0.1) is 11.8 Å². The van der Waals surface area contributed by atoms with E-state index in [0.717, 1.165) is 11.1 Å². The minimum absolute atomic E-state index is 0.0410. The lowest BCUT2D eigenvalue weighted by atomic mass is 10.2. The van der Waals surface area contributed by atoms with E-state index in [1.807, 2.05) is 59.8 Å². The van der Waals surface area contributed by atoms with Crippen molar-refractivity contribution in [1.29, 1.82) is 0 Å². The summed E-state index contributed by atoms with van der Waals surface area (Å²) < 4.78 is 15.8. The third-order valence-electron chi connectivity index (χ3n) is 4.30. The molecule has 2 aromatic carbocycles. The summed E-state index contributed by atoms with van der Waals surface area (Å²) in [5.41, 5.74) is 2.63. The first kappa shape index (κ1) is 16.0. The van der Waals surface area contributed by atoms with Crippen LogP contribution in [-0.4, -0.2) is 21.1 Å². The van der Waals surface area contributed by atoms with E-state index in [1.54, 1.807) is 28.5 Å². The molecule has 0 bridgehead atoms. The fourth-order valence-corrected chi connectivity index (χ4v) is 4.22. The molecule has 1 aromatic heterocycles. The van der Waals surface area contributed by atoms with Gasteiger partial charge >= 0.3 is 0 Å². The maximum absolute atomic E-state index is 14.0. The maximum Gasteiger partial charge on any atom is 0.234 e. The van der Waals surface area contributed by atoms with Gasteiger partial charge in [0.25, 0.3) is 0 Å². The number of rotatable bonds is 4. The van der Waals surface area contributed by atoms with Crippen LogP contribution < -0.4 is 0 Å². The Bertz CT molecular complexity index is 893. The summed E-state index contributed by atoms with van der Waals surface area (Å²) in [6.07, 6.45) is 3.75. The maximum atomic E-state index is 14.0. The van der Waals surface area contributed by atoms with Gasteiger partial charge in [0.2, 0.25) is 5.91 Å². The highest BCUT2D eigenvalue weighted by Gasteiger charge is 2.33. The second kappa shape index (κ2) is 6.76. The number of thioether (sulfide) groups is 1. The number of carbonyl (C=O) groups excluding carboxylic acids is 1. The molecular weight excluding hydrogens is 335 g/mol. The summed E-state index contributed by atoms with van der Waals surface area (Å²) in [6, 6.07) is 18.6. The molecule has 1 aliphatic heterocycles. The summed E-state index contributed by atoms with van der Waals surface area (Å²) >= 11 is 1.61. The Kier molecular flexibility index (Phi) is 4.32. The van der Waals surface area contributed by atoms with Gasteiger partial charge in [-0.25, -0.2) is 4.39 Å². The van der Waals surface area contributed by atoms with Crippen molar-refractivity contribution in [2.75, 3.05) is 5.75 Å². The standard InChI is InChI=1S/C20H17FN2OS/c21-17-8-4-5-9-18(17)22-11-10-16(13-22)20-23(19(24)14-25-20)12-15-6-2-1-3-7-15/h1-11,13,20H,12,14H2. The van der Waals surface area contributed by atoms with Crippen molar-refractivity contribution >= 4 is 17.7 Å². The van der Waals surface area contributed by atoms with Crippen LogP contribution in [0.4, 0.5) is 4.39 Å². The monoisotopic (exact) mass is 352 g/mol. The first-order chi connectivity index (χ1) is 12.2. The number of halogens is 1. The van der Waals surface area contributed by atoms with E-state index in [0.29, 0.717) is 18.0 Å². The molecule has 5 heteroatoms. The van der Waals surface area contributed by atoms with Crippen LogP contribution in [0.25, 0.3) is 5.69 Å².